The second-order valence-electron chi connectivity index (χ2n) is 9.50. The Morgan fingerprint density at radius 3 is 2.48 bits per heavy atom. The predicted molar refractivity (Wildman–Crippen MR) is 158 cm³/mol. The molecular formula is C29H28N4O4S3. The van der Waals surface area contributed by atoms with Crippen molar-refractivity contribution in [3.63, 3.8) is 0 Å². The highest BCUT2D eigenvalue weighted by Crippen LogP contribution is 2.36. The van der Waals surface area contributed by atoms with E-state index in [1.165, 1.54) is 24.0 Å². The molecule has 5 rings (SSSR count). The number of hydrogen-bond acceptors (Lipinski definition) is 8. The Morgan fingerprint density at radius 1 is 1.00 bits per heavy atom. The highest BCUT2D eigenvalue weighted by Gasteiger charge is 2.29. The summed E-state index contributed by atoms with van der Waals surface area (Å²) in [5.74, 6) is 0.284. The summed E-state index contributed by atoms with van der Waals surface area (Å²) in [4.78, 5) is 35.7. The number of benzene rings is 2. The number of thioether (sulfide) groups is 1. The van der Waals surface area contributed by atoms with Gasteiger partial charge >= 0.3 is 6.03 Å². The molecule has 1 aliphatic rings. The van der Waals surface area contributed by atoms with Crippen molar-refractivity contribution >= 4 is 55.6 Å². The van der Waals surface area contributed by atoms with Crippen molar-refractivity contribution in [2.24, 2.45) is 5.92 Å². The Labute approximate surface area is 241 Å². The van der Waals surface area contributed by atoms with Gasteiger partial charge in [0.05, 0.1) is 11.4 Å². The number of amides is 2. The van der Waals surface area contributed by atoms with Crippen molar-refractivity contribution in [3.05, 3.63) is 89.7 Å². The molecule has 40 heavy (non-hydrogen) atoms. The van der Waals surface area contributed by atoms with Crippen LogP contribution in [0.4, 0.5) is 15.6 Å². The van der Waals surface area contributed by atoms with Crippen LogP contribution in [0.3, 0.4) is 0 Å². The van der Waals surface area contributed by atoms with Gasteiger partial charge in [0.25, 0.3) is 0 Å². The Hall–Kier alpha value is -3.54. The van der Waals surface area contributed by atoms with Crippen LogP contribution in [0.15, 0.2) is 87.1 Å². The Kier molecular flexibility index (Phi) is 8.63. The molecule has 2 heterocycles. The van der Waals surface area contributed by atoms with Gasteiger partial charge in [-0.05, 0) is 56.2 Å². The number of nitrogens with zero attached hydrogens (tertiary/aromatic N) is 2. The maximum Gasteiger partial charge on any atom is 0.325 e. The minimum Gasteiger partial charge on any atom is -0.307 e. The summed E-state index contributed by atoms with van der Waals surface area (Å²) in [6.07, 6.45) is 5.20. The molecule has 0 saturated heterocycles. The minimum absolute atomic E-state index is 0.0253. The summed E-state index contributed by atoms with van der Waals surface area (Å²) in [7, 11) is -3.96. The van der Waals surface area contributed by atoms with Crippen LogP contribution in [0.1, 0.15) is 47.3 Å². The number of pyridine rings is 1. The maximum absolute atomic E-state index is 13.5. The molecule has 2 amide bonds. The normalized spacial score (nSPS) is 13.7. The summed E-state index contributed by atoms with van der Waals surface area (Å²) in [6, 6.07) is 19.0. The Morgan fingerprint density at radius 2 is 1.75 bits per heavy atom. The van der Waals surface area contributed by atoms with Gasteiger partial charge in [-0.3, -0.25) is 10.1 Å². The third kappa shape index (κ3) is 6.43. The molecule has 2 N–H and O–H groups in total. The van der Waals surface area contributed by atoms with E-state index in [2.05, 4.69) is 20.6 Å². The molecule has 0 radical (unpaired) electrons. The van der Waals surface area contributed by atoms with Gasteiger partial charge in [-0.2, -0.15) is 0 Å². The van der Waals surface area contributed by atoms with Gasteiger partial charge in [-0.1, -0.05) is 60.1 Å². The summed E-state index contributed by atoms with van der Waals surface area (Å²) in [6.45, 7) is 1.91. The van der Waals surface area contributed by atoms with Crippen LogP contribution >= 0.6 is 23.1 Å². The highest BCUT2D eigenvalue weighted by atomic mass is 32.2. The van der Waals surface area contributed by atoms with Gasteiger partial charge in [0.15, 0.2) is 20.1 Å². The van der Waals surface area contributed by atoms with E-state index >= 15 is 0 Å². The zero-order valence-corrected chi connectivity index (χ0v) is 24.2. The van der Waals surface area contributed by atoms with E-state index < -0.39 is 15.9 Å². The van der Waals surface area contributed by atoms with Crippen molar-refractivity contribution in [1.29, 1.82) is 0 Å². The van der Waals surface area contributed by atoms with Crippen LogP contribution in [-0.2, 0) is 15.6 Å². The third-order valence-corrected chi connectivity index (χ3v) is 10.8. The van der Waals surface area contributed by atoms with Crippen molar-refractivity contribution in [3.8, 4) is 0 Å². The molecule has 0 aliphatic heterocycles. The quantitative estimate of drug-likeness (QED) is 0.159. The topological polar surface area (TPSA) is 118 Å². The number of Topliss-reactive ketones (excluding diaryl/α,β-unsaturated/α-hetero) is 1. The molecule has 2 aromatic heterocycles. The number of urea groups is 1. The van der Waals surface area contributed by atoms with Crippen LogP contribution < -0.4 is 10.6 Å². The number of carbonyl (C=O) groups is 2. The van der Waals surface area contributed by atoms with Gasteiger partial charge in [-0.15, -0.1) is 11.8 Å². The first-order chi connectivity index (χ1) is 19.3. The second-order valence-corrected chi connectivity index (χ2v) is 13.6. The minimum atomic E-state index is -3.96. The number of nitrogens with one attached hydrogen (secondary N) is 2. The fourth-order valence-electron chi connectivity index (χ4n) is 4.59. The first kappa shape index (κ1) is 28.0. The molecule has 0 bridgehead atoms. The van der Waals surface area contributed by atoms with Crippen molar-refractivity contribution in [2.75, 3.05) is 10.6 Å². The number of thiazole rings is 1. The first-order valence-electron chi connectivity index (χ1n) is 12.9. The van der Waals surface area contributed by atoms with E-state index in [0.717, 1.165) is 47.5 Å². The lowest BCUT2D eigenvalue weighted by molar-refractivity contribution is 0.0923. The van der Waals surface area contributed by atoms with Gasteiger partial charge in [0.1, 0.15) is 0 Å². The lowest BCUT2D eigenvalue weighted by Crippen LogP contribution is -2.22. The second kappa shape index (κ2) is 12.3. The number of rotatable bonds is 9. The molecule has 1 aliphatic carbocycles. The SMILES string of the molecule is Cc1ccc(NC(=O)Nc2nc(CSc3ccccc3)c(S(=O)(=O)c3ccccn3)s2)c(C(=O)C2CCCC2)c1. The standard InChI is InChI=1S/C29H28N4O4S3/c1-19-14-15-23(22(17-19)26(34)20-9-5-6-10-20)31-28(35)33-29-32-24(18-38-21-11-3-2-4-12-21)27(39-29)40(36,37)25-13-7-8-16-30-25/h2-4,7-8,11-17,20H,5-6,9-10,18H2,1H3,(H2,31,32,33,35). The highest BCUT2D eigenvalue weighted by molar-refractivity contribution is 7.98. The molecular weight excluding hydrogens is 565 g/mol. The van der Waals surface area contributed by atoms with E-state index in [-0.39, 0.29) is 31.8 Å². The monoisotopic (exact) mass is 592 g/mol. The molecule has 4 aromatic rings. The predicted octanol–water partition coefficient (Wildman–Crippen LogP) is 6.99. The summed E-state index contributed by atoms with van der Waals surface area (Å²) in [5, 5.41) is 5.49. The van der Waals surface area contributed by atoms with Crippen LogP contribution in [0.2, 0.25) is 0 Å². The number of sulfone groups is 1. The number of ketones is 1. The summed E-state index contributed by atoms with van der Waals surface area (Å²) in [5.41, 5.74) is 2.15. The summed E-state index contributed by atoms with van der Waals surface area (Å²) < 4.78 is 27.0. The van der Waals surface area contributed by atoms with Crippen molar-refractivity contribution in [2.45, 2.75) is 52.5 Å². The van der Waals surface area contributed by atoms with Gasteiger partial charge in [0, 0.05) is 28.3 Å². The number of aryl methyl sites for hydroxylation is 1. The van der Waals surface area contributed by atoms with Gasteiger partial charge in [-0.25, -0.2) is 23.2 Å². The third-order valence-electron chi connectivity index (χ3n) is 6.57. The first-order valence-corrected chi connectivity index (χ1v) is 16.2. The smallest absolute Gasteiger partial charge is 0.307 e. The number of carbonyl (C=O) groups excluding carboxylic acids is 2. The lowest BCUT2D eigenvalue weighted by atomic mass is 9.94. The Bertz CT molecular complexity index is 1620. The average molecular weight is 593 g/mol. The zero-order valence-electron chi connectivity index (χ0n) is 21.8. The molecule has 0 atom stereocenters. The molecule has 2 aromatic carbocycles. The maximum atomic E-state index is 13.5. The van der Waals surface area contributed by atoms with E-state index in [0.29, 0.717) is 16.9 Å². The van der Waals surface area contributed by atoms with Crippen molar-refractivity contribution in [1.82, 2.24) is 9.97 Å². The van der Waals surface area contributed by atoms with E-state index in [1.54, 1.807) is 24.3 Å². The van der Waals surface area contributed by atoms with Crippen LogP contribution in [0.5, 0.6) is 0 Å². The zero-order chi connectivity index (χ0) is 28.1. The average Bonchev–Trinajstić information content (AvgIpc) is 3.64. The molecule has 8 nitrogen and oxygen atoms in total. The largest absolute Gasteiger partial charge is 0.325 e. The molecule has 1 fully saturated rings. The fourth-order valence-corrected chi connectivity index (χ4v) is 8.35. The fraction of sp³-hybridized carbons (Fsp3) is 0.241. The van der Waals surface area contributed by atoms with E-state index in [4.69, 9.17) is 0 Å². The molecule has 0 spiro atoms. The number of anilines is 2. The molecule has 11 heteroatoms. The Balaban J connectivity index is 1.39. The lowest BCUT2D eigenvalue weighted by Gasteiger charge is -2.14. The molecule has 206 valence electrons. The molecule has 1 saturated carbocycles. The summed E-state index contributed by atoms with van der Waals surface area (Å²) >= 11 is 2.32. The van der Waals surface area contributed by atoms with Crippen LogP contribution in [0.25, 0.3) is 0 Å². The van der Waals surface area contributed by atoms with Crippen LogP contribution in [-0.4, -0.2) is 30.2 Å². The molecule has 0 unspecified atom stereocenters. The van der Waals surface area contributed by atoms with Gasteiger partial charge < -0.3 is 5.32 Å². The van der Waals surface area contributed by atoms with Gasteiger partial charge in [0.2, 0.25) is 9.84 Å². The van der Waals surface area contributed by atoms with E-state index in [1.807, 2.05) is 43.3 Å². The van der Waals surface area contributed by atoms with E-state index in [9.17, 15) is 18.0 Å². The van der Waals surface area contributed by atoms with Crippen LogP contribution in [0, 0.1) is 12.8 Å². The number of aromatic nitrogens is 2. The van der Waals surface area contributed by atoms with Crippen molar-refractivity contribution < 1.29 is 18.0 Å². The number of hydrogen-bond donors (Lipinski definition) is 2.